The van der Waals surface area contributed by atoms with Gasteiger partial charge in [-0.1, -0.05) is 30.3 Å². The molecular weight excluding hydrogens is 411 g/mol. The Balaban J connectivity index is 1.84. The van der Waals surface area contributed by atoms with Crippen molar-refractivity contribution in [2.24, 2.45) is 0 Å². The largest absolute Gasteiger partial charge is 0.417 e. The van der Waals surface area contributed by atoms with Crippen molar-refractivity contribution in [2.75, 3.05) is 5.32 Å². The predicted octanol–water partition coefficient (Wildman–Crippen LogP) is 5.08. The average molecular weight is 429 g/mol. The molecular formula is C21H18F3N5O2. The lowest BCUT2D eigenvalue weighted by Gasteiger charge is -2.13. The summed E-state index contributed by atoms with van der Waals surface area (Å²) in [6, 6.07) is 8.02. The van der Waals surface area contributed by atoms with Gasteiger partial charge < -0.3 is 9.84 Å². The minimum absolute atomic E-state index is 0.0146. The van der Waals surface area contributed by atoms with Gasteiger partial charge in [0.05, 0.1) is 34.1 Å². The Labute approximate surface area is 174 Å². The molecule has 3 aromatic heterocycles. The van der Waals surface area contributed by atoms with E-state index in [2.05, 4.69) is 20.6 Å². The topological polar surface area (TPSA) is 85.8 Å². The number of rotatable bonds is 5. The molecule has 10 heteroatoms. The van der Waals surface area contributed by atoms with Crippen LogP contribution in [0.3, 0.4) is 0 Å². The number of nitrogens with one attached hydrogen (secondary N) is 1. The highest BCUT2D eigenvalue weighted by molar-refractivity contribution is 6.12. The van der Waals surface area contributed by atoms with Crippen LogP contribution in [0, 0.1) is 6.92 Å². The molecule has 1 N–H and O–H groups in total. The number of carbonyl (C=O) groups is 1. The van der Waals surface area contributed by atoms with Crippen LogP contribution in [-0.2, 0) is 12.7 Å². The third-order valence-electron chi connectivity index (χ3n) is 4.76. The van der Waals surface area contributed by atoms with Crippen molar-refractivity contribution >= 4 is 22.8 Å². The Morgan fingerprint density at radius 3 is 2.74 bits per heavy atom. The number of pyridine rings is 1. The molecule has 1 aromatic carbocycles. The van der Waals surface area contributed by atoms with Gasteiger partial charge >= 0.3 is 6.18 Å². The van der Waals surface area contributed by atoms with Gasteiger partial charge in [0.25, 0.3) is 11.6 Å². The molecule has 0 radical (unpaired) electrons. The number of halogens is 3. The van der Waals surface area contributed by atoms with E-state index in [4.69, 9.17) is 4.52 Å². The fraction of sp³-hybridized carbons (Fsp3) is 0.238. The van der Waals surface area contributed by atoms with Crippen LogP contribution in [0.2, 0.25) is 0 Å². The number of nitrogens with zero attached hydrogens (tertiary/aromatic N) is 4. The van der Waals surface area contributed by atoms with Crippen LogP contribution in [0.15, 0.2) is 47.1 Å². The van der Waals surface area contributed by atoms with Crippen LogP contribution in [0.1, 0.15) is 35.0 Å². The highest BCUT2D eigenvalue weighted by Crippen LogP contribution is 2.37. The minimum Gasteiger partial charge on any atom is -0.335 e. The van der Waals surface area contributed by atoms with Crippen molar-refractivity contribution in [1.29, 1.82) is 0 Å². The van der Waals surface area contributed by atoms with E-state index in [0.29, 0.717) is 23.4 Å². The molecule has 7 nitrogen and oxygen atoms in total. The lowest BCUT2D eigenvalue weighted by molar-refractivity contribution is -0.137. The second-order valence-electron chi connectivity index (χ2n) is 6.94. The zero-order valence-electron chi connectivity index (χ0n) is 16.7. The van der Waals surface area contributed by atoms with Crippen LogP contribution in [-0.4, -0.2) is 25.8 Å². The second kappa shape index (κ2) is 7.86. The van der Waals surface area contributed by atoms with Crippen molar-refractivity contribution in [3.8, 4) is 11.3 Å². The standard InChI is InChI=1S/C21H18F3N5O2/c1-3-10-29-17(8-9-25-29)27-19(30)14-11-16(26-20-18(14)12(2)28-31-20)13-6-4-5-7-15(13)21(22,23)24/h4-9,11H,3,10H2,1-2H3,(H,27,30). The maximum atomic E-state index is 13.5. The summed E-state index contributed by atoms with van der Waals surface area (Å²) in [5.41, 5.74) is -0.546. The molecule has 0 bridgehead atoms. The van der Waals surface area contributed by atoms with Crippen LogP contribution in [0.25, 0.3) is 22.4 Å². The highest BCUT2D eigenvalue weighted by atomic mass is 19.4. The molecule has 0 atom stereocenters. The molecule has 0 fully saturated rings. The average Bonchev–Trinajstić information content (AvgIpc) is 3.33. The first-order chi connectivity index (χ1) is 14.8. The van der Waals surface area contributed by atoms with Gasteiger partial charge in [0, 0.05) is 18.2 Å². The first kappa shape index (κ1) is 20.6. The number of fused-ring (bicyclic) bond motifs is 1. The smallest absolute Gasteiger partial charge is 0.335 e. The number of aromatic nitrogens is 4. The van der Waals surface area contributed by atoms with Crippen LogP contribution >= 0.6 is 0 Å². The number of aryl methyl sites for hydroxylation is 2. The lowest BCUT2D eigenvalue weighted by Crippen LogP contribution is -2.17. The Bertz CT molecular complexity index is 1260. The summed E-state index contributed by atoms with van der Waals surface area (Å²) >= 11 is 0. The molecule has 0 aliphatic heterocycles. The van der Waals surface area contributed by atoms with Crippen molar-refractivity contribution < 1.29 is 22.5 Å². The first-order valence-corrected chi connectivity index (χ1v) is 9.56. The third kappa shape index (κ3) is 3.88. The summed E-state index contributed by atoms with van der Waals surface area (Å²) < 4.78 is 47.4. The zero-order chi connectivity index (χ0) is 22.2. The van der Waals surface area contributed by atoms with Gasteiger partial charge in [-0.15, -0.1) is 0 Å². The summed E-state index contributed by atoms with van der Waals surface area (Å²) in [5.74, 6) is -0.0505. The molecule has 0 spiro atoms. The van der Waals surface area contributed by atoms with Crippen molar-refractivity contribution in [3.05, 3.63) is 59.4 Å². The maximum Gasteiger partial charge on any atom is 0.417 e. The number of anilines is 1. The molecule has 1 amide bonds. The van der Waals surface area contributed by atoms with E-state index in [1.54, 1.807) is 23.9 Å². The van der Waals surface area contributed by atoms with E-state index < -0.39 is 17.6 Å². The zero-order valence-corrected chi connectivity index (χ0v) is 16.7. The summed E-state index contributed by atoms with van der Waals surface area (Å²) in [6.07, 6.45) is -2.21. The van der Waals surface area contributed by atoms with Crippen LogP contribution in [0.5, 0.6) is 0 Å². The fourth-order valence-electron chi connectivity index (χ4n) is 3.38. The molecule has 0 unspecified atom stereocenters. The van der Waals surface area contributed by atoms with Crippen LogP contribution in [0.4, 0.5) is 19.0 Å². The van der Waals surface area contributed by atoms with Gasteiger partial charge in [-0.3, -0.25) is 4.79 Å². The van der Waals surface area contributed by atoms with Gasteiger partial charge in [0.2, 0.25) is 0 Å². The Hall–Kier alpha value is -3.69. The highest BCUT2D eigenvalue weighted by Gasteiger charge is 2.34. The van der Waals surface area contributed by atoms with Crippen molar-refractivity contribution in [1.82, 2.24) is 19.9 Å². The van der Waals surface area contributed by atoms with Gasteiger partial charge in [-0.25, -0.2) is 9.67 Å². The number of hydrogen-bond donors (Lipinski definition) is 1. The van der Waals surface area contributed by atoms with E-state index in [-0.39, 0.29) is 22.5 Å². The number of carbonyl (C=O) groups excluding carboxylic acids is 1. The monoisotopic (exact) mass is 429 g/mol. The van der Waals surface area contributed by atoms with E-state index in [9.17, 15) is 18.0 Å². The molecule has 3 heterocycles. The molecule has 31 heavy (non-hydrogen) atoms. The molecule has 0 aliphatic carbocycles. The van der Waals surface area contributed by atoms with E-state index in [1.807, 2.05) is 6.92 Å². The summed E-state index contributed by atoms with van der Waals surface area (Å²) in [4.78, 5) is 17.3. The third-order valence-corrected chi connectivity index (χ3v) is 4.76. The van der Waals surface area contributed by atoms with E-state index in [0.717, 1.165) is 12.5 Å². The van der Waals surface area contributed by atoms with E-state index in [1.165, 1.54) is 24.3 Å². The Morgan fingerprint density at radius 1 is 1.23 bits per heavy atom. The molecule has 0 aliphatic rings. The van der Waals surface area contributed by atoms with Crippen LogP contribution < -0.4 is 5.32 Å². The molecule has 4 rings (SSSR count). The minimum atomic E-state index is -4.58. The molecule has 0 saturated heterocycles. The quantitative estimate of drug-likeness (QED) is 0.478. The van der Waals surface area contributed by atoms with Gasteiger partial charge in [-0.2, -0.15) is 18.3 Å². The number of hydrogen-bond acceptors (Lipinski definition) is 5. The van der Waals surface area contributed by atoms with Gasteiger partial charge in [0.1, 0.15) is 5.82 Å². The normalized spacial score (nSPS) is 11.8. The summed E-state index contributed by atoms with van der Waals surface area (Å²) in [6.45, 7) is 4.21. The molecule has 0 saturated carbocycles. The van der Waals surface area contributed by atoms with E-state index >= 15 is 0 Å². The second-order valence-corrected chi connectivity index (χ2v) is 6.94. The van der Waals surface area contributed by atoms with Crippen molar-refractivity contribution in [2.45, 2.75) is 33.0 Å². The number of amides is 1. The summed E-state index contributed by atoms with van der Waals surface area (Å²) in [7, 11) is 0. The lowest BCUT2D eigenvalue weighted by atomic mass is 10.0. The Kier molecular flexibility index (Phi) is 5.22. The van der Waals surface area contributed by atoms with Gasteiger partial charge in [0.15, 0.2) is 0 Å². The Morgan fingerprint density at radius 2 is 2.00 bits per heavy atom. The molecule has 4 aromatic rings. The summed E-state index contributed by atoms with van der Waals surface area (Å²) in [5, 5.41) is 11.1. The fourth-order valence-corrected chi connectivity index (χ4v) is 3.38. The molecule has 160 valence electrons. The van der Waals surface area contributed by atoms with Gasteiger partial charge in [-0.05, 0) is 25.5 Å². The van der Waals surface area contributed by atoms with Crippen molar-refractivity contribution in [3.63, 3.8) is 0 Å². The maximum absolute atomic E-state index is 13.5. The predicted molar refractivity (Wildman–Crippen MR) is 107 cm³/mol. The number of alkyl halides is 3. The number of benzene rings is 1. The first-order valence-electron chi connectivity index (χ1n) is 9.56. The SMILES string of the molecule is CCCn1nccc1NC(=O)c1cc(-c2ccccc2C(F)(F)F)nc2onc(C)c12.